The number of carbonyl (C=O) groups excluding carboxylic acids is 3. The minimum absolute atomic E-state index is 0.107. The van der Waals surface area contributed by atoms with Gasteiger partial charge in [0.05, 0.1) is 0 Å². The molecule has 0 saturated carbocycles. The molecule has 0 aliphatic heterocycles. The normalized spacial score (nSPS) is 13.1. The van der Waals surface area contributed by atoms with Crippen LogP contribution in [0.4, 0.5) is 4.79 Å². The SMILES string of the molecule is CC(C)(C)OC(=O)C(CCCNC(=O)CCCc1cc[c]([Sn]([CH3])([CH3])[CH3])cc1)NC(=O)NC(CCC(=O)O)C(=O)O. The quantitative estimate of drug-likeness (QED) is 0.102. The molecule has 0 bridgehead atoms. The van der Waals surface area contributed by atoms with Crippen LogP contribution in [-0.4, -0.2) is 82.7 Å². The van der Waals surface area contributed by atoms with Gasteiger partial charge in [-0.3, -0.25) is 4.79 Å². The maximum Gasteiger partial charge on any atom is 0.326 e. The van der Waals surface area contributed by atoms with Crippen molar-refractivity contribution in [3.8, 4) is 0 Å². The van der Waals surface area contributed by atoms with Gasteiger partial charge in [-0.25, -0.2) is 14.4 Å². The van der Waals surface area contributed by atoms with Crippen molar-refractivity contribution in [2.75, 3.05) is 6.54 Å². The Morgan fingerprint density at radius 1 is 0.875 bits per heavy atom. The molecule has 1 rings (SSSR count). The van der Waals surface area contributed by atoms with Crippen LogP contribution in [0.5, 0.6) is 0 Å². The fourth-order valence-electron chi connectivity index (χ4n) is 3.75. The molecule has 0 aliphatic carbocycles. The second-order valence-electron chi connectivity index (χ2n) is 11.8. The van der Waals surface area contributed by atoms with Crippen molar-refractivity contribution in [2.24, 2.45) is 0 Å². The van der Waals surface area contributed by atoms with Gasteiger partial charge in [-0.15, -0.1) is 0 Å². The van der Waals surface area contributed by atoms with Gasteiger partial charge in [0.25, 0.3) is 0 Å². The third-order valence-corrected chi connectivity index (χ3v) is 11.8. The first kappa shape index (κ1) is 35.2. The van der Waals surface area contributed by atoms with Crippen molar-refractivity contribution in [1.82, 2.24) is 16.0 Å². The predicted molar refractivity (Wildman–Crippen MR) is 154 cm³/mol. The molecule has 0 spiro atoms. The summed E-state index contributed by atoms with van der Waals surface area (Å²) in [7, 11) is 0. The van der Waals surface area contributed by atoms with Gasteiger partial charge in [-0.05, 0) is 27.2 Å². The van der Waals surface area contributed by atoms with Crippen LogP contribution in [0.1, 0.15) is 64.9 Å². The number of urea groups is 1. The summed E-state index contributed by atoms with van der Waals surface area (Å²) in [5.74, 6) is -3.39. The molecule has 0 heterocycles. The van der Waals surface area contributed by atoms with Crippen molar-refractivity contribution in [2.45, 2.75) is 98.2 Å². The number of ether oxygens (including phenoxy) is 1. The van der Waals surface area contributed by atoms with Crippen LogP contribution in [0, 0.1) is 0 Å². The second-order valence-corrected chi connectivity index (χ2v) is 26.3. The van der Waals surface area contributed by atoms with Crippen LogP contribution in [0.2, 0.25) is 14.8 Å². The number of carboxylic acids is 2. The Morgan fingerprint density at radius 2 is 1.48 bits per heavy atom. The average Bonchev–Trinajstić information content (AvgIpc) is 2.82. The number of aryl methyl sites for hydroxylation is 1. The monoisotopic (exact) mass is 671 g/mol. The summed E-state index contributed by atoms with van der Waals surface area (Å²) in [6.07, 6.45) is 1.61. The Labute approximate surface area is 240 Å². The zero-order valence-corrected chi connectivity index (χ0v) is 27.3. The van der Waals surface area contributed by atoms with Crippen molar-refractivity contribution < 1.29 is 38.9 Å². The van der Waals surface area contributed by atoms with Crippen LogP contribution in [0.3, 0.4) is 0 Å². The summed E-state index contributed by atoms with van der Waals surface area (Å²) < 4.78 is 6.84. The van der Waals surface area contributed by atoms with Gasteiger partial charge < -0.3 is 25.6 Å². The first-order chi connectivity index (χ1) is 18.5. The van der Waals surface area contributed by atoms with Gasteiger partial charge >= 0.3 is 145 Å². The molecule has 0 fully saturated rings. The Morgan fingerprint density at radius 3 is 2.00 bits per heavy atom. The molecule has 2 atom stereocenters. The molecule has 0 aromatic heterocycles. The number of rotatable bonds is 16. The van der Waals surface area contributed by atoms with Gasteiger partial charge in [0.2, 0.25) is 0 Å². The molecule has 224 valence electrons. The first-order valence-corrected chi connectivity index (χ1v) is 23.6. The van der Waals surface area contributed by atoms with E-state index in [1.807, 2.05) is 0 Å². The Balaban J connectivity index is 2.56. The minimum atomic E-state index is -2.07. The molecule has 0 radical (unpaired) electrons. The zero-order chi connectivity index (χ0) is 30.5. The molecule has 0 saturated heterocycles. The van der Waals surface area contributed by atoms with Crippen LogP contribution < -0.4 is 19.5 Å². The van der Waals surface area contributed by atoms with Crippen LogP contribution in [0.15, 0.2) is 24.3 Å². The number of amides is 3. The molecule has 5 N–H and O–H groups in total. The summed E-state index contributed by atoms with van der Waals surface area (Å²) in [5.41, 5.74) is 0.382. The maximum absolute atomic E-state index is 12.7. The summed E-state index contributed by atoms with van der Waals surface area (Å²) in [5, 5.41) is 25.5. The van der Waals surface area contributed by atoms with Crippen LogP contribution >= 0.6 is 0 Å². The molecule has 0 aliphatic rings. The van der Waals surface area contributed by atoms with E-state index in [4.69, 9.17) is 9.84 Å². The topological polar surface area (TPSA) is 171 Å². The van der Waals surface area contributed by atoms with E-state index < -0.39 is 66.4 Å². The van der Waals surface area contributed by atoms with E-state index in [-0.39, 0.29) is 25.3 Å². The zero-order valence-electron chi connectivity index (χ0n) is 24.5. The van der Waals surface area contributed by atoms with Gasteiger partial charge in [0.1, 0.15) is 17.7 Å². The van der Waals surface area contributed by atoms with Gasteiger partial charge in [-0.1, -0.05) is 0 Å². The fourth-order valence-corrected chi connectivity index (χ4v) is 7.08. The number of nitrogens with one attached hydrogen (secondary N) is 3. The Kier molecular flexibility index (Phi) is 14.5. The molecule has 1 aromatic rings. The van der Waals surface area contributed by atoms with E-state index in [2.05, 4.69) is 55.0 Å². The summed E-state index contributed by atoms with van der Waals surface area (Å²) in [6, 6.07) is 5.23. The number of esters is 1. The van der Waals surface area contributed by atoms with E-state index in [9.17, 15) is 29.1 Å². The summed E-state index contributed by atoms with van der Waals surface area (Å²) >= 11 is -2.07. The van der Waals surface area contributed by atoms with Crippen molar-refractivity contribution >= 4 is 51.8 Å². The molecule has 12 heteroatoms. The van der Waals surface area contributed by atoms with Gasteiger partial charge in [-0.2, -0.15) is 0 Å². The predicted octanol–water partition coefficient (Wildman–Crippen LogP) is 2.78. The maximum atomic E-state index is 12.7. The largest absolute Gasteiger partial charge is 0.481 e. The summed E-state index contributed by atoms with van der Waals surface area (Å²) in [6.45, 7) is 5.31. The van der Waals surface area contributed by atoms with E-state index >= 15 is 0 Å². The third-order valence-electron chi connectivity index (χ3n) is 5.93. The Bertz CT molecular complexity index is 1020. The molecule has 2 unspecified atom stereocenters. The number of aliphatic carboxylic acids is 2. The van der Waals surface area contributed by atoms with Crippen molar-refractivity contribution in [3.05, 3.63) is 29.8 Å². The van der Waals surface area contributed by atoms with Crippen molar-refractivity contribution in [1.29, 1.82) is 0 Å². The second kappa shape index (κ2) is 16.4. The smallest absolute Gasteiger partial charge is 0.326 e. The fraction of sp³-hybridized carbons (Fsp3) is 0.607. The van der Waals surface area contributed by atoms with Crippen LogP contribution in [0.25, 0.3) is 0 Å². The van der Waals surface area contributed by atoms with Crippen LogP contribution in [-0.2, 0) is 30.3 Å². The number of carbonyl (C=O) groups is 5. The van der Waals surface area contributed by atoms with Gasteiger partial charge in [0.15, 0.2) is 0 Å². The van der Waals surface area contributed by atoms with Crippen molar-refractivity contribution in [3.63, 3.8) is 0 Å². The average molecular weight is 670 g/mol. The standard InChI is InChI=1S/C25H36N3O8.3CH3.Sn/c1-25(2,3)36-23(34)19(28-24(35)27-18(22(32)33)14-15-21(30)31)12-8-16-26-20(29)13-7-11-17-9-5-4-6-10-17;;;;/h5-6,9-10,18-19H,7-8,11-16H2,1-3H3,(H,26,29)(H,30,31)(H,32,33)(H2,27,28,35);3*1H3;. The minimum Gasteiger partial charge on any atom is -0.481 e. The summed E-state index contributed by atoms with van der Waals surface area (Å²) in [4.78, 5) is 66.6. The molecular formula is C28H45N3O8Sn. The van der Waals surface area contributed by atoms with Gasteiger partial charge in [0, 0.05) is 6.42 Å². The molecule has 11 nitrogen and oxygen atoms in total. The number of benzene rings is 1. The molecule has 3 amide bonds. The number of hydrogen-bond acceptors (Lipinski definition) is 6. The molecule has 1 aromatic carbocycles. The molecule has 40 heavy (non-hydrogen) atoms. The van der Waals surface area contributed by atoms with E-state index in [0.29, 0.717) is 19.3 Å². The molecular weight excluding hydrogens is 625 g/mol. The van der Waals surface area contributed by atoms with E-state index in [1.165, 1.54) is 9.14 Å². The van der Waals surface area contributed by atoms with E-state index in [1.54, 1.807) is 20.8 Å². The number of carboxylic acid groups (broad SMARTS) is 2. The Hall–Kier alpha value is -2.83. The number of hydrogen-bond donors (Lipinski definition) is 5. The first-order valence-electron chi connectivity index (χ1n) is 13.6. The third kappa shape index (κ3) is 15.1. The van der Waals surface area contributed by atoms with E-state index in [0.717, 1.165) is 6.42 Å².